The zero-order chi connectivity index (χ0) is 18.5. The van der Waals surface area contributed by atoms with Crippen LogP contribution in [0.15, 0.2) is 23.4 Å². The molecule has 0 saturated carbocycles. The van der Waals surface area contributed by atoms with E-state index in [1.807, 2.05) is 17.2 Å². The molecular formula is C19H29N3O3S. The first-order valence-corrected chi connectivity index (χ1v) is 10.6. The number of rotatable bonds is 6. The fraction of sp³-hybridized carbons (Fsp3) is 0.684. The lowest BCUT2D eigenvalue weighted by molar-refractivity contribution is 0.0772. The van der Waals surface area contributed by atoms with E-state index < -0.39 is 0 Å². The molecule has 0 aromatic carbocycles. The van der Waals surface area contributed by atoms with Gasteiger partial charge in [-0.05, 0) is 56.2 Å². The van der Waals surface area contributed by atoms with Gasteiger partial charge in [0.15, 0.2) is 0 Å². The third-order valence-corrected chi connectivity index (χ3v) is 6.46. The smallest absolute Gasteiger partial charge is 0.256 e. The molecule has 144 valence electrons. The third kappa shape index (κ3) is 4.39. The van der Waals surface area contributed by atoms with Gasteiger partial charge in [-0.2, -0.15) is 0 Å². The van der Waals surface area contributed by atoms with E-state index in [1.165, 1.54) is 11.8 Å². The van der Waals surface area contributed by atoms with Crippen LogP contribution < -0.4 is 0 Å². The van der Waals surface area contributed by atoms with Crippen molar-refractivity contribution in [2.24, 2.45) is 17.8 Å². The van der Waals surface area contributed by atoms with Crippen LogP contribution in [0.2, 0.25) is 0 Å². The molecule has 2 unspecified atom stereocenters. The summed E-state index contributed by atoms with van der Waals surface area (Å²) in [4.78, 5) is 21.6. The molecule has 26 heavy (non-hydrogen) atoms. The summed E-state index contributed by atoms with van der Waals surface area (Å²) >= 11 is 1.48. The molecule has 6 nitrogen and oxygen atoms in total. The Morgan fingerprint density at radius 3 is 2.62 bits per heavy atom. The second-order valence-electron chi connectivity index (χ2n) is 7.40. The minimum atomic E-state index is 0.0161. The summed E-state index contributed by atoms with van der Waals surface area (Å²) in [5.74, 6) is 0.868. The molecule has 2 saturated heterocycles. The van der Waals surface area contributed by atoms with Gasteiger partial charge in [0.05, 0.1) is 5.56 Å². The molecule has 2 N–H and O–H groups in total. The van der Waals surface area contributed by atoms with Crippen molar-refractivity contribution < 1.29 is 15.0 Å². The topological polar surface area (TPSA) is 76.9 Å². The number of hydrogen-bond donors (Lipinski definition) is 2. The Bertz CT molecular complexity index is 607. The summed E-state index contributed by atoms with van der Waals surface area (Å²) in [5, 5.41) is 19.9. The maximum atomic E-state index is 13.0. The third-order valence-electron chi connectivity index (χ3n) is 5.75. The maximum absolute atomic E-state index is 13.0. The summed E-state index contributed by atoms with van der Waals surface area (Å²) in [6.07, 6.45) is 5.70. The minimum absolute atomic E-state index is 0.0161. The van der Waals surface area contributed by atoms with Crippen molar-refractivity contribution in [3.8, 4) is 0 Å². The molecule has 1 aromatic heterocycles. The molecule has 0 radical (unpaired) electrons. The number of likely N-dealkylation sites (tertiary alicyclic amines) is 2. The molecule has 1 amide bonds. The van der Waals surface area contributed by atoms with Crippen molar-refractivity contribution in [2.75, 3.05) is 52.2 Å². The number of piperidine rings is 1. The van der Waals surface area contributed by atoms with Crippen LogP contribution in [-0.4, -0.2) is 83.1 Å². The van der Waals surface area contributed by atoms with E-state index >= 15 is 0 Å². The van der Waals surface area contributed by atoms with Gasteiger partial charge in [0.25, 0.3) is 5.91 Å². The summed E-state index contributed by atoms with van der Waals surface area (Å²) in [7, 11) is 0. The number of amides is 1. The monoisotopic (exact) mass is 379 g/mol. The van der Waals surface area contributed by atoms with Crippen molar-refractivity contribution in [1.82, 2.24) is 14.8 Å². The lowest BCUT2D eigenvalue weighted by Crippen LogP contribution is -2.40. The predicted molar refractivity (Wildman–Crippen MR) is 102 cm³/mol. The van der Waals surface area contributed by atoms with E-state index in [9.17, 15) is 15.0 Å². The minimum Gasteiger partial charge on any atom is -0.396 e. The number of nitrogens with zero attached hydrogens (tertiary/aromatic N) is 3. The first-order valence-electron chi connectivity index (χ1n) is 9.38. The fourth-order valence-corrected chi connectivity index (χ4v) is 4.63. The van der Waals surface area contributed by atoms with Crippen LogP contribution in [0.25, 0.3) is 0 Å². The average Bonchev–Trinajstić information content (AvgIpc) is 3.10. The van der Waals surface area contributed by atoms with Gasteiger partial charge >= 0.3 is 0 Å². The standard InChI is InChI=1S/C19H29N3O3S/c1-26-18-17(3-2-6-20-18)19(25)22-10-15(16(11-22)13-24)9-21-7-4-14(12-23)5-8-21/h2-3,6,14-16,23-24H,4-5,7-13H2,1H3. The quantitative estimate of drug-likeness (QED) is 0.723. The maximum Gasteiger partial charge on any atom is 0.256 e. The van der Waals surface area contributed by atoms with Gasteiger partial charge in [-0.1, -0.05) is 0 Å². The van der Waals surface area contributed by atoms with Crippen LogP contribution >= 0.6 is 11.8 Å². The van der Waals surface area contributed by atoms with Gasteiger partial charge in [-0.15, -0.1) is 11.8 Å². The molecule has 0 aliphatic carbocycles. The lowest BCUT2D eigenvalue weighted by Gasteiger charge is -2.33. The van der Waals surface area contributed by atoms with E-state index in [0.717, 1.165) is 37.5 Å². The van der Waals surface area contributed by atoms with Crippen LogP contribution in [0.1, 0.15) is 23.2 Å². The summed E-state index contributed by atoms with van der Waals surface area (Å²) in [6, 6.07) is 3.64. The first kappa shape index (κ1) is 19.6. The Morgan fingerprint density at radius 2 is 1.96 bits per heavy atom. The van der Waals surface area contributed by atoms with Gasteiger partial charge in [0.1, 0.15) is 5.03 Å². The Balaban J connectivity index is 1.62. The fourth-order valence-electron chi connectivity index (χ4n) is 4.09. The highest BCUT2D eigenvalue weighted by Crippen LogP contribution is 2.28. The van der Waals surface area contributed by atoms with E-state index in [2.05, 4.69) is 9.88 Å². The molecular weight excluding hydrogens is 350 g/mol. The molecule has 2 aliphatic heterocycles. The second kappa shape index (κ2) is 9.17. The molecule has 2 fully saturated rings. The number of thioether (sulfide) groups is 1. The summed E-state index contributed by atoms with van der Waals surface area (Å²) in [6.45, 7) is 4.59. The van der Waals surface area contributed by atoms with E-state index in [4.69, 9.17) is 0 Å². The highest BCUT2D eigenvalue weighted by Gasteiger charge is 2.37. The molecule has 0 spiro atoms. The van der Waals surface area contributed by atoms with Crippen molar-refractivity contribution in [3.63, 3.8) is 0 Å². The average molecular weight is 380 g/mol. The molecule has 3 heterocycles. The Morgan fingerprint density at radius 1 is 1.23 bits per heavy atom. The summed E-state index contributed by atoms with van der Waals surface area (Å²) < 4.78 is 0. The highest BCUT2D eigenvalue weighted by atomic mass is 32.2. The number of pyridine rings is 1. The van der Waals surface area contributed by atoms with E-state index in [-0.39, 0.29) is 25.0 Å². The Kier molecular flexibility index (Phi) is 6.92. The molecule has 7 heteroatoms. The van der Waals surface area contributed by atoms with Crippen molar-refractivity contribution >= 4 is 17.7 Å². The zero-order valence-electron chi connectivity index (χ0n) is 15.4. The van der Waals surface area contributed by atoms with Crippen LogP contribution in [-0.2, 0) is 0 Å². The highest BCUT2D eigenvalue weighted by molar-refractivity contribution is 7.98. The van der Waals surface area contributed by atoms with E-state index in [0.29, 0.717) is 30.5 Å². The number of aliphatic hydroxyl groups excluding tert-OH is 2. The predicted octanol–water partition coefficient (Wildman–Crippen LogP) is 1.19. The largest absolute Gasteiger partial charge is 0.396 e. The second-order valence-corrected chi connectivity index (χ2v) is 8.19. The molecule has 1 aromatic rings. The molecule has 2 atom stereocenters. The molecule has 0 bridgehead atoms. The van der Waals surface area contributed by atoms with Crippen LogP contribution in [0.3, 0.4) is 0 Å². The number of aliphatic hydroxyl groups is 2. The zero-order valence-corrected chi connectivity index (χ0v) is 16.2. The van der Waals surface area contributed by atoms with E-state index in [1.54, 1.807) is 12.3 Å². The number of carbonyl (C=O) groups is 1. The number of hydrogen-bond acceptors (Lipinski definition) is 6. The summed E-state index contributed by atoms with van der Waals surface area (Å²) in [5.41, 5.74) is 0.654. The molecule has 3 rings (SSSR count). The number of aromatic nitrogens is 1. The van der Waals surface area contributed by atoms with Crippen molar-refractivity contribution in [3.05, 3.63) is 23.9 Å². The SMILES string of the molecule is CSc1ncccc1C(=O)N1CC(CO)C(CN2CCC(CO)CC2)C1. The number of carbonyl (C=O) groups excluding carboxylic acids is 1. The van der Waals surface area contributed by atoms with Gasteiger partial charge in [0.2, 0.25) is 0 Å². The van der Waals surface area contributed by atoms with Crippen molar-refractivity contribution in [1.29, 1.82) is 0 Å². The van der Waals surface area contributed by atoms with Crippen molar-refractivity contribution in [2.45, 2.75) is 17.9 Å². The van der Waals surface area contributed by atoms with Gasteiger partial charge in [0, 0.05) is 45.0 Å². The van der Waals surface area contributed by atoms with Crippen LogP contribution in [0.5, 0.6) is 0 Å². The van der Waals surface area contributed by atoms with Gasteiger partial charge in [-0.25, -0.2) is 4.98 Å². The van der Waals surface area contributed by atoms with Crippen LogP contribution in [0, 0.1) is 17.8 Å². The first-order chi connectivity index (χ1) is 12.7. The van der Waals surface area contributed by atoms with Gasteiger partial charge in [-0.3, -0.25) is 4.79 Å². The van der Waals surface area contributed by atoms with Crippen LogP contribution in [0.4, 0.5) is 0 Å². The molecule has 2 aliphatic rings. The van der Waals surface area contributed by atoms with Gasteiger partial charge < -0.3 is 20.0 Å². The lowest BCUT2D eigenvalue weighted by atomic mass is 9.93. The Hall–Kier alpha value is -1.15. The normalized spacial score (nSPS) is 25.0. The Labute approximate surface area is 159 Å².